The number of hydrogen-bond acceptors (Lipinski definition) is 5. The van der Waals surface area contributed by atoms with Crippen LogP contribution in [0.25, 0.3) is 0 Å². The first-order chi connectivity index (χ1) is 7.65. The highest BCUT2D eigenvalue weighted by Gasteiger charge is 2.14. The Kier molecular flexibility index (Phi) is 7.58. The SMILES string of the molecule is CC(C)OC(=O)c1ncccc1CO.CS. The van der Waals surface area contributed by atoms with E-state index in [4.69, 9.17) is 9.84 Å². The van der Waals surface area contributed by atoms with E-state index in [2.05, 4.69) is 17.6 Å². The molecule has 0 radical (unpaired) electrons. The van der Waals surface area contributed by atoms with Crippen molar-refractivity contribution in [3.63, 3.8) is 0 Å². The zero-order valence-corrected chi connectivity index (χ0v) is 10.6. The summed E-state index contributed by atoms with van der Waals surface area (Å²) in [5.41, 5.74) is 0.668. The van der Waals surface area contributed by atoms with Crippen LogP contribution in [-0.4, -0.2) is 28.4 Å². The number of carbonyl (C=O) groups excluding carboxylic acids is 1. The third-order valence-corrected chi connectivity index (χ3v) is 1.60. The number of rotatable bonds is 3. The average Bonchev–Trinajstić information content (AvgIpc) is 2.30. The molecular weight excluding hydrogens is 226 g/mol. The first-order valence-electron chi connectivity index (χ1n) is 4.85. The third kappa shape index (κ3) is 4.63. The molecule has 1 aromatic heterocycles. The molecule has 0 aromatic carbocycles. The summed E-state index contributed by atoms with van der Waals surface area (Å²) in [4.78, 5) is 15.3. The van der Waals surface area contributed by atoms with Crippen LogP contribution in [0.15, 0.2) is 18.3 Å². The number of aliphatic hydroxyl groups is 1. The lowest BCUT2D eigenvalue weighted by Gasteiger charge is -2.09. The van der Waals surface area contributed by atoms with Crippen LogP contribution in [0.3, 0.4) is 0 Å². The van der Waals surface area contributed by atoms with E-state index in [9.17, 15) is 4.79 Å². The molecule has 0 aliphatic carbocycles. The molecule has 1 heterocycles. The Bertz CT molecular complexity index is 329. The van der Waals surface area contributed by atoms with E-state index in [1.165, 1.54) is 6.20 Å². The normalized spacial score (nSPS) is 9.38. The van der Waals surface area contributed by atoms with Crippen molar-refractivity contribution < 1.29 is 14.6 Å². The van der Waals surface area contributed by atoms with Gasteiger partial charge in [-0.2, -0.15) is 12.6 Å². The Morgan fingerprint density at radius 2 is 2.19 bits per heavy atom. The van der Waals surface area contributed by atoms with Crippen LogP contribution >= 0.6 is 12.6 Å². The Balaban J connectivity index is 0.00000106. The minimum atomic E-state index is -0.496. The van der Waals surface area contributed by atoms with Crippen molar-refractivity contribution in [1.29, 1.82) is 0 Å². The van der Waals surface area contributed by atoms with E-state index < -0.39 is 5.97 Å². The molecule has 1 N–H and O–H groups in total. The van der Waals surface area contributed by atoms with Crippen LogP contribution in [0.1, 0.15) is 29.9 Å². The van der Waals surface area contributed by atoms with Gasteiger partial charge in [-0.1, -0.05) is 6.07 Å². The van der Waals surface area contributed by atoms with Gasteiger partial charge in [0.05, 0.1) is 12.7 Å². The number of aromatic nitrogens is 1. The molecule has 4 nitrogen and oxygen atoms in total. The molecule has 0 saturated carbocycles. The van der Waals surface area contributed by atoms with Crippen molar-refractivity contribution >= 4 is 18.6 Å². The molecule has 5 heteroatoms. The van der Waals surface area contributed by atoms with Gasteiger partial charge in [-0.15, -0.1) is 0 Å². The maximum atomic E-state index is 11.4. The summed E-state index contributed by atoms with van der Waals surface area (Å²) < 4.78 is 4.97. The molecule has 0 unspecified atom stereocenters. The summed E-state index contributed by atoms with van der Waals surface area (Å²) in [6.07, 6.45) is 3.01. The molecule has 0 bridgehead atoms. The zero-order valence-electron chi connectivity index (χ0n) is 9.67. The lowest BCUT2D eigenvalue weighted by Crippen LogP contribution is -2.15. The fourth-order valence-corrected chi connectivity index (χ4v) is 1.02. The Labute approximate surface area is 101 Å². The summed E-state index contributed by atoms with van der Waals surface area (Å²) in [6, 6.07) is 3.31. The monoisotopic (exact) mass is 243 g/mol. The molecule has 1 rings (SSSR count). The second-order valence-electron chi connectivity index (χ2n) is 3.12. The van der Waals surface area contributed by atoms with Crippen molar-refractivity contribution in [3.8, 4) is 0 Å². The Morgan fingerprint density at radius 3 is 2.69 bits per heavy atom. The molecule has 0 atom stereocenters. The van der Waals surface area contributed by atoms with E-state index in [0.717, 1.165) is 0 Å². The smallest absolute Gasteiger partial charge is 0.357 e. The molecule has 0 amide bonds. The van der Waals surface area contributed by atoms with Crippen LogP contribution in [0, 0.1) is 0 Å². The van der Waals surface area contributed by atoms with E-state index in [1.807, 2.05) is 0 Å². The topological polar surface area (TPSA) is 59.4 Å². The molecule has 0 aliphatic heterocycles. The van der Waals surface area contributed by atoms with Gasteiger partial charge in [0.25, 0.3) is 0 Å². The number of aliphatic hydroxyl groups excluding tert-OH is 1. The summed E-state index contributed by atoms with van der Waals surface area (Å²) >= 11 is 3.53. The van der Waals surface area contributed by atoms with Gasteiger partial charge >= 0.3 is 5.97 Å². The minimum Gasteiger partial charge on any atom is -0.458 e. The molecule has 16 heavy (non-hydrogen) atoms. The van der Waals surface area contributed by atoms with Crippen LogP contribution in [0.5, 0.6) is 0 Å². The molecular formula is C11H17NO3S. The molecule has 0 fully saturated rings. The van der Waals surface area contributed by atoms with Crippen molar-refractivity contribution in [3.05, 3.63) is 29.6 Å². The quantitative estimate of drug-likeness (QED) is 0.626. The molecule has 90 valence electrons. The van der Waals surface area contributed by atoms with Gasteiger partial charge in [0.1, 0.15) is 0 Å². The first kappa shape index (κ1) is 14.9. The number of nitrogens with zero attached hydrogens (tertiary/aromatic N) is 1. The van der Waals surface area contributed by atoms with E-state index in [1.54, 1.807) is 32.2 Å². The van der Waals surface area contributed by atoms with Gasteiger partial charge in [-0.25, -0.2) is 9.78 Å². The predicted molar refractivity (Wildman–Crippen MR) is 65.6 cm³/mol. The lowest BCUT2D eigenvalue weighted by atomic mass is 10.2. The van der Waals surface area contributed by atoms with Crippen LogP contribution in [0.4, 0.5) is 0 Å². The van der Waals surface area contributed by atoms with Crippen LogP contribution in [-0.2, 0) is 11.3 Å². The number of hydrogen-bond donors (Lipinski definition) is 2. The van der Waals surface area contributed by atoms with Crippen molar-refractivity contribution in [2.45, 2.75) is 26.6 Å². The number of carbonyl (C=O) groups is 1. The fourth-order valence-electron chi connectivity index (χ4n) is 1.02. The number of thiol groups is 1. The van der Waals surface area contributed by atoms with Gasteiger partial charge in [0.2, 0.25) is 0 Å². The predicted octanol–water partition coefficient (Wildman–Crippen LogP) is 1.69. The largest absolute Gasteiger partial charge is 0.458 e. The average molecular weight is 243 g/mol. The second kappa shape index (κ2) is 8.13. The van der Waals surface area contributed by atoms with Gasteiger partial charge < -0.3 is 9.84 Å². The number of ether oxygens (including phenoxy) is 1. The van der Waals surface area contributed by atoms with Gasteiger partial charge in [0, 0.05) is 11.8 Å². The standard InChI is InChI=1S/C10H13NO3.CH4S/c1-7(2)14-10(13)9-8(6-12)4-3-5-11-9;1-2/h3-5,7,12H,6H2,1-2H3;2H,1H3. The highest BCUT2D eigenvalue weighted by Crippen LogP contribution is 2.07. The molecule has 1 aromatic rings. The Hall–Kier alpha value is -1.07. The second-order valence-corrected chi connectivity index (χ2v) is 3.12. The summed E-state index contributed by atoms with van der Waals surface area (Å²) in [5, 5.41) is 8.95. The van der Waals surface area contributed by atoms with Gasteiger partial charge in [0.15, 0.2) is 5.69 Å². The fraction of sp³-hybridized carbons (Fsp3) is 0.455. The number of pyridine rings is 1. The summed E-state index contributed by atoms with van der Waals surface area (Å²) in [7, 11) is 0. The van der Waals surface area contributed by atoms with Crippen LogP contribution < -0.4 is 0 Å². The highest BCUT2D eigenvalue weighted by molar-refractivity contribution is 7.79. The van der Waals surface area contributed by atoms with Crippen LogP contribution in [0.2, 0.25) is 0 Å². The maximum Gasteiger partial charge on any atom is 0.357 e. The maximum absolute atomic E-state index is 11.4. The summed E-state index contributed by atoms with van der Waals surface area (Å²) in [5.74, 6) is -0.496. The lowest BCUT2D eigenvalue weighted by molar-refractivity contribution is 0.0367. The van der Waals surface area contributed by atoms with E-state index in [-0.39, 0.29) is 18.4 Å². The van der Waals surface area contributed by atoms with Crippen molar-refractivity contribution in [2.24, 2.45) is 0 Å². The minimum absolute atomic E-state index is 0.184. The molecule has 0 saturated heterocycles. The van der Waals surface area contributed by atoms with Crippen molar-refractivity contribution in [2.75, 3.05) is 6.26 Å². The van der Waals surface area contributed by atoms with E-state index >= 15 is 0 Å². The zero-order chi connectivity index (χ0) is 12.6. The Morgan fingerprint density at radius 1 is 1.56 bits per heavy atom. The number of esters is 1. The highest BCUT2D eigenvalue weighted by atomic mass is 32.1. The molecule has 0 aliphatic rings. The van der Waals surface area contributed by atoms with Gasteiger partial charge in [-0.05, 0) is 26.2 Å². The van der Waals surface area contributed by atoms with Crippen molar-refractivity contribution in [1.82, 2.24) is 4.98 Å². The third-order valence-electron chi connectivity index (χ3n) is 1.60. The van der Waals surface area contributed by atoms with E-state index in [0.29, 0.717) is 5.56 Å². The van der Waals surface area contributed by atoms with Gasteiger partial charge in [-0.3, -0.25) is 0 Å². The first-order valence-corrected chi connectivity index (χ1v) is 5.75. The summed E-state index contributed by atoms with van der Waals surface area (Å²) in [6.45, 7) is 3.31. The molecule has 0 spiro atoms.